The summed E-state index contributed by atoms with van der Waals surface area (Å²) in [5.74, 6) is 0.435. The molecule has 4 rings (SSSR count). The second-order valence-corrected chi connectivity index (χ2v) is 9.10. The molecular formula is C28H32ClN3O3. The highest BCUT2D eigenvalue weighted by molar-refractivity contribution is 6.30. The van der Waals surface area contributed by atoms with Crippen molar-refractivity contribution in [1.82, 2.24) is 15.2 Å². The molecule has 35 heavy (non-hydrogen) atoms. The van der Waals surface area contributed by atoms with Crippen LogP contribution in [0.25, 0.3) is 0 Å². The normalized spacial score (nSPS) is 18.4. The van der Waals surface area contributed by atoms with Crippen molar-refractivity contribution in [3.63, 3.8) is 0 Å². The van der Waals surface area contributed by atoms with Crippen molar-refractivity contribution in [3.05, 3.63) is 94.8 Å². The van der Waals surface area contributed by atoms with E-state index in [4.69, 9.17) is 21.1 Å². The van der Waals surface area contributed by atoms with Crippen LogP contribution in [0.3, 0.4) is 0 Å². The number of rotatable bonds is 4. The first-order chi connectivity index (χ1) is 17.2. The van der Waals surface area contributed by atoms with Crippen molar-refractivity contribution in [2.24, 2.45) is 0 Å². The van der Waals surface area contributed by atoms with Crippen LogP contribution in [0.4, 0.5) is 0 Å². The van der Waals surface area contributed by atoms with Crippen molar-refractivity contribution in [1.29, 1.82) is 0 Å². The van der Waals surface area contributed by atoms with Gasteiger partial charge in [0.25, 0.3) is 5.91 Å². The molecule has 1 N–H and O–H groups in total. The Labute approximate surface area is 212 Å². The Morgan fingerprint density at radius 2 is 1.83 bits per heavy atom. The van der Waals surface area contributed by atoms with E-state index in [-0.39, 0.29) is 11.9 Å². The fraction of sp³-hybridized carbons (Fsp3) is 0.357. The third-order valence-electron chi connectivity index (χ3n) is 6.06. The van der Waals surface area contributed by atoms with Gasteiger partial charge in [0.2, 0.25) is 0 Å². The SMILES string of the molecule is O=C1NCCOCCCCN(Cc2ccc(Cl)cn2)[C@@H](Cc2ccccc2)COc2ccccc21. The number of carbonyl (C=O) groups is 1. The monoisotopic (exact) mass is 493 g/mol. The summed E-state index contributed by atoms with van der Waals surface area (Å²) in [4.78, 5) is 19.7. The summed E-state index contributed by atoms with van der Waals surface area (Å²) in [6.07, 6.45) is 4.44. The second-order valence-electron chi connectivity index (χ2n) is 8.66. The zero-order valence-electron chi connectivity index (χ0n) is 19.9. The Morgan fingerprint density at radius 1 is 1.00 bits per heavy atom. The Kier molecular flexibility index (Phi) is 9.52. The molecule has 0 bridgehead atoms. The summed E-state index contributed by atoms with van der Waals surface area (Å²) >= 11 is 6.07. The topological polar surface area (TPSA) is 63.7 Å². The molecule has 0 aliphatic carbocycles. The highest BCUT2D eigenvalue weighted by atomic mass is 35.5. The van der Waals surface area contributed by atoms with Gasteiger partial charge in [-0.2, -0.15) is 0 Å². The van der Waals surface area contributed by atoms with Gasteiger partial charge < -0.3 is 14.8 Å². The van der Waals surface area contributed by atoms with E-state index < -0.39 is 0 Å². The van der Waals surface area contributed by atoms with Crippen molar-refractivity contribution in [2.45, 2.75) is 31.8 Å². The Bertz CT molecular complexity index is 1060. The summed E-state index contributed by atoms with van der Waals surface area (Å²) in [6.45, 7) is 3.64. The predicted octanol–water partition coefficient (Wildman–Crippen LogP) is 4.77. The number of pyridine rings is 1. The lowest BCUT2D eigenvalue weighted by molar-refractivity contribution is 0.0908. The molecule has 3 aromatic rings. The fourth-order valence-electron chi connectivity index (χ4n) is 4.20. The molecule has 0 saturated heterocycles. The molecule has 0 fully saturated rings. The van der Waals surface area contributed by atoms with Gasteiger partial charge in [-0.1, -0.05) is 54.1 Å². The lowest BCUT2D eigenvalue weighted by Crippen LogP contribution is -2.41. The Morgan fingerprint density at radius 3 is 2.66 bits per heavy atom. The number of amides is 1. The highest BCUT2D eigenvalue weighted by Gasteiger charge is 2.22. The molecule has 0 spiro atoms. The van der Waals surface area contributed by atoms with Gasteiger partial charge in [0.05, 0.1) is 22.9 Å². The van der Waals surface area contributed by atoms with Gasteiger partial charge in [-0.15, -0.1) is 0 Å². The van der Waals surface area contributed by atoms with Crippen LogP contribution < -0.4 is 10.1 Å². The third kappa shape index (κ3) is 7.79. The summed E-state index contributed by atoms with van der Waals surface area (Å²) in [6, 6.07) is 21.8. The maximum absolute atomic E-state index is 12.8. The number of nitrogens with zero attached hydrogens (tertiary/aromatic N) is 2. The van der Waals surface area contributed by atoms with E-state index in [1.807, 2.05) is 36.4 Å². The van der Waals surface area contributed by atoms with Crippen molar-refractivity contribution >= 4 is 17.5 Å². The maximum Gasteiger partial charge on any atom is 0.255 e. The van der Waals surface area contributed by atoms with Crippen LogP contribution in [-0.4, -0.2) is 54.7 Å². The van der Waals surface area contributed by atoms with Crippen LogP contribution in [-0.2, 0) is 17.7 Å². The number of aromatic nitrogens is 1. The summed E-state index contributed by atoms with van der Waals surface area (Å²) in [5, 5.41) is 3.56. The molecule has 1 amide bonds. The van der Waals surface area contributed by atoms with Gasteiger partial charge in [-0.3, -0.25) is 14.7 Å². The molecule has 6 nitrogen and oxygen atoms in total. The van der Waals surface area contributed by atoms with Gasteiger partial charge >= 0.3 is 0 Å². The first-order valence-corrected chi connectivity index (χ1v) is 12.5. The summed E-state index contributed by atoms with van der Waals surface area (Å²) < 4.78 is 12.1. The van der Waals surface area contributed by atoms with E-state index in [0.29, 0.717) is 49.2 Å². The van der Waals surface area contributed by atoms with E-state index in [2.05, 4.69) is 39.5 Å². The molecule has 1 aliphatic heterocycles. The first-order valence-electron chi connectivity index (χ1n) is 12.2. The minimum atomic E-state index is -0.152. The number of ether oxygens (including phenoxy) is 2. The molecule has 1 aliphatic rings. The lowest BCUT2D eigenvalue weighted by atomic mass is 10.0. The molecule has 0 saturated carbocycles. The maximum atomic E-state index is 12.8. The zero-order valence-corrected chi connectivity index (χ0v) is 20.6. The molecule has 2 aromatic carbocycles. The van der Waals surface area contributed by atoms with Crippen LogP contribution >= 0.6 is 11.6 Å². The van der Waals surface area contributed by atoms with Gasteiger partial charge in [0.15, 0.2) is 0 Å². The predicted molar refractivity (Wildman–Crippen MR) is 138 cm³/mol. The summed E-state index contributed by atoms with van der Waals surface area (Å²) in [7, 11) is 0. The quantitative estimate of drug-likeness (QED) is 0.567. The molecule has 7 heteroatoms. The summed E-state index contributed by atoms with van der Waals surface area (Å²) in [5.41, 5.74) is 2.73. The third-order valence-corrected chi connectivity index (χ3v) is 6.29. The molecule has 1 atom stereocenters. The number of nitrogens with one attached hydrogen (secondary N) is 1. The Balaban J connectivity index is 1.61. The average molecular weight is 494 g/mol. The zero-order chi connectivity index (χ0) is 24.3. The largest absolute Gasteiger partial charge is 0.491 e. The van der Waals surface area contributed by atoms with Crippen LogP contribution in [0.2, 0.25) is 5.02 Å². The second kappa shape index (κ2) is 13.2. The van der Waals surface area contributed by atoms with E-state index in [9.17, 15) is 4.79 Å². The van der Waals surface area contributed by atoms with Gasteiger partial charge in [-0.05, 0) is 55.6 Å². The van der Waals surface area contributed by atoms with Gasteiger partial charge in [0.1, 0.15) is 12.4 Å². The minimum absolute atomic E-state index is 0.0806. The molecular weight excluding hydrogens is 462 g/mol. The first kappa shape index (κ1) is 25.2. The molecule has 1 aromatic heterocycles. The number of hydrogen-bond acceptors (Lipinski definition) is 5. The fourth-order valence-corrected chi connectivity index (χ4v) is 4.31. The van der Waals surface area contributed by atoms with Crippen molar-refractivity contribution < 1.29 is 14.3 Å². The number of hydrogen-bond donors (Lipinski definition) is 1. The molecule has 0 radical (unpaired) electrons. The van der Waals surface area contributed by atoms with Crippen molar-refractivity contribution in [2.75, 3.05) is 32.9 Å². The van der Waals surface area contributed by atoms with E-state index in [1.165, 1.54) is 5.56 Å². The molecule has 2 heterocycles. The molecule has 0 unspecified atom stereocenters. The Hall–Kier alpha value is -2.93. The number of fused-ring (bicyclic) bond motifs is 1. The number of halogens is 1. The van der Waals surface area contributed by atoms with Crippen LogP contribution in [0, 0.1) is 0 Å². The number of para-hydroxylation sites is 1. The van der Waals surface area contributed by atoms with E-state index in [0.717, 1.165) is 31.5 Å². The van der Waals surface area contributed by atoms with Crippen LogP contribution in [0.1, 0.15) is 34.5 Å². The van der Waals surface area contributed by atoms with Crippen LogP contribution in [0.15, 0.2) is 72.9 Å². The number of benzene rings is 2. The van der Waals surface area contributed by atoms with Gasteiger partial charge in [0, 0.05) is 31.9 Å². The lowest BCUT2D eigenvalue weighted by Gasteiger charge is -2.32. The van der Waals surface area contributed by atoms with Crippen molar-refractivity contribution in [3.8, 4) is 5.75 Å². The molecule has 184 valence electrons. The van der Waals surface area contributed by atoms with E-state index in [1.54, 1.807) is 12.3 Å². The van der Waals surface area contributed by atoms with E-state index >= 15 is 0 Å². The average Bonchev–Trinajstić information content (AvgIpc) is 2.89. The standard InChI is InChI=1S/C28H32ClN3O3/c29-23-12-13-24(31-19-23)20-32-15-6-7-16-34-17-14-30-28(33)26-10-4-5-11-27(26)35-21-25(32)18-22-8-2-1-3-9-22/h1-5,8-13,19,25H,6-7,14-18,20-21H2,(H,30,33)/t25-/m0/s1. The number of carbonyl (C=O) groups excluding carboxylic acids is 1. The minimum Gasteiger partial charge on any atom is -0.491 e. The van der Waals surface area contributed by atoms with Gasteiger partial charge in [-0.25, -0.2) is 0 Å². The smallest absolute Gasteiger partial charge is 0.255 e. The highest BCUT2D eigenvalue weighted by Crippen LogP contribution is 2.21. The van der Waals surface area contributed by atoms with Crippen LogP contribution in [0.5, 0.6) is 5.75 Å².